The molecule has 0 aliphatic rings. The highest BCUT2D eigenvalue weighted by atomic mass is 16.2. The van der Waals surface area contributed by atoms with Gasteiger partial charge in [-0.1, -0.05) is 13.0 Å². The van der Waals surface area contributed by atoms with Crippen molar-refractivity contribution in [2.45, 2.75) is 27.2 Å². The van der Waals surface area contributed by atoms with E-state index in [0.29, 0.717) is 17.7 Å². The second-order valence-corrected chi connectivity index (χ2v) is 6.67. The Morgan fingerprint density at radius 3 is 2.38 bits per heavy atom. The van der Waals surface area contributed by atoms with Gasteiger partial charge in [0, 0.05) is 37.2 Å². The van der Waals surface area contributed by atoms with Gasteiger partial charge >= 0.3 is 0 Å². The normalized spacial score (nSPS) is 10.7. The summed E-state index contributed by atoms with van der Waals surface area (Å²) in [5.41, 5.74) is 2.63. The summed E-state index contributed by atoms with van der Waals surface area (Å²) in [6.45, 7) is 8.60. The highest BCUT2D eigenvalue weighted by Gasteiger charge is 2.21. The van der Waals surface area contributed by atoms with Crippen molar-refractivity contribution in [1.82, 2.24) is 14.7 Å². The first-order chi connectivity index (χ1) is 14.1. The maximum atomic E-state index is 12.9. The van der Waals surface area contributed by atoms with E-state index in [9.17, 15) is 9.59 Å². The van der Waals surface area contributed by atoms with E-state index in [1.807, 2.05) is 37.3 Å². The number of anilines is 2. The molecular weight excluding hydrogens is 366 g/mol. The average molecular weight is 393 g/mol. The fourth-order valence-electron chi connectivity index (χ4n) is 3.22. The lowest BCUT2D eigenvalue weighted by atomic mass is 10.2. The highest BCUT2D eigenvalue weighted by Crippen LogP contribution is 2.19. The van der Waals surface area contributed by atoms with Gasteiger partial charge < -0.3 is 15.5 Å². The van der Waals surface area contributed by atoms with Crippen LogP contribution in [0.25, 0.3) is 5.52 Å². The number of rotatable bonds is 8. The molecule has 7 nitrogen and oxygen atoms in total. The fraction of sp³-hybridized carbons (Fsp3) is 0.318. The predicted octanol–water partition coefficient (Wildman–Crippen LogP) is 3.57. The number of nitrogens with zero attached hydrogens (tertiary/aromatic N) is 3. The minimum Gasteiger partial charge on any atom is -0.372 e. The van der Waals surface area contributed by atoms with E-state index in [2.05, 4.69) is 34.4 Å². The molecule has 0 saturated carbocycles. The Morgan fingerprint density at radius 2 is 1.72 bits per heavy atom. The molecule has 2 N–H and O–H groups in total. The standard InChI is InChI=1S/C22H27N5O2/c1-4-14-23-21(28)19-18-9-7-8-15-27(18)20(25-19)22(29)24-16-10-12-17(13-11-16)26(5-2)6-3/h7-13,15H,4-6,14H2,1-3H3,(H,23,28)(H,24,29). The van der Waals surface area contributed by atoms with Crippen LogP contribution in [0.5, 0.6) is 0 Å². The topological polar surface area (TPSA) is 78.7 Å². The minimum atomic E-state index is -0.365. The third-order valence-corrected chi connectivity index (χ3v) is 4.76. The third-order valence-electron chi connectivity index (χ3n) is 4.76. The largest absolute Gasteiger partial charge is 0.372 e. The summed E-state index contributed by atoms with van der Waals surface area (Å²) >= 11 is 0. The van der Waals surface area contributed by atoms with Crippen molar-refractivity contribution < 1.29 is 9.59 Å². The number of hydrogen-bond acceptors (Lipinski definition) is 4. The molecule has 2 aromatic heterocycles. The zero-order chi connectivity index (χ0) is 20.8. The van der Waals surface area contributed by atoms with Crippen molar-refractivity contribution in [2.75, 3.05) is 29.9 Å². The smallest absolute Gasteiger partial charge is 0.292 e. The second-order valence-electron chi connectivity index (χ2n) is 6.67. The van der Waals surface area contributed by atoms with Gasteiger partial charge in [-0.2, -0.15) is 0 Å². The molecule has 0 unspecified atom stereocenters. The molecule has 0 bridgehead atoms. The van der Waals surface area contributed by atoms with Crippen LogP contribution in [0.15, 0.2) is 48.7 Å². The van der Waals surface area contributed by atoms with Gasteiger partial charge in [-0.15, -0.1) is 0 Å². The Kier molecular flexibility index (Phi) is 6.49. The monoisotopic (exact) mass is 393 g/mol. The summed E-state index contributed by atoms with van der Waals surface area (Å²) in [5.74, 6) is -0.468. The molecule has 0 saturated heterocycles. The molecule has 0 aliphatic heterocycles. The van der Waals surface area contributed by atoms with E-state index in [4.69, 9.17) is 0 Å². The lowest BCUT2D eigenvalue weighted by Crippen LogP contribution is -2.24. The first-order valence-corrected chi connectivity index (χ1v) is 10.0. The molecule has 0 radical (unpaired) electrons. The number of aromatic nitrogens is 2. The summed E-state index contributed by atoms with van der Waals surface area (Å²) < 4.78 is 1.64. The van der Waals surface area contributed by atoms with Gasteiger partial charge in [0.05, 0.1) is 5.52 Å². The molecule has 7 heteroatoms. The van der Waals surface area contributed by atoms with E-state index in [-0.39, 0.29) is 23.3 Å². The molecule has 0 spiro atoms. The number of pyridine rings is 1. The lowest BCUT2D eigenvalue weighted by molar-refractivity contribution is 0.0951. The van der Waals surface area contributed by atoms with Crippen LogP contribution in [-0.2, 0) is 0 Å². The maximum absolute atomic E-state index is 12.9. The zero-order valence-electron chi connectivity index (χ0n) is 17.1. The summed E-state index contributed by atoms with van der Waals surface area (Å²) in [5, 5.41) is 5.69. The Labute approximate surface area is 170 Å². The van der Waals surface area contributed by atoms with Gasteiger partial charge in [-0.05, 0) is 56.7 Å². The van der Waals surface area contributed by atoms with Gasteiger partial charge in [0.15, 0.2) is 5.69 Å². The maximum Gasteiger partial charge on any atom is 0.292 e. The van der Waals surface area contributed by atoms with Gasteiger partial charge in [0.25, 0.3) is 11.8 Å². The summed E-state index contributed by atoms with van der Waals surface area (Å²) in [6, 6.07) is 13.1. The van der Waals surface area contributed by atoms with Gasteiger partial charge in [0.1, 0.15) is 0 Å². The summed E-state index contributed by atoms with van der Waals surface area (Å²) in [7, 11) is 0. The Morgan fingerprint density at radius 1 is 1.00 bits per heavy atom. The first kappa shape index (κ1) is 20.4. The Hall–Kier alpha value is -3.35. The van der Waals surface area contributed by atoms with Crippen LogP contribution in [0.1, 0.15) is 48.3 Å². The summed E-state index contributed by atoms with van der Waals surface area (Å²) in [4.78, 5) is 31.9. The van der Waals surface area contributed by atoms with E-state index < -0.39 is 0 Å². The van der Waals surface area contributed by atoms with Crippen molar-refractivity contribution in [3.63, 3.8) is 0 Å². The molecule has 3 rings (SSSR count). The number of carbonyl (C=O) groups excluding carboxylic acids is 2. The Balaban J connectivity index is 1.85. The lowest BCUT2D eigenvalue weighted by Gasteiger charge is -2.21. The number of nitrogens with one attached hydrogen (secondary N) is 2. The highest BCUT2D eigenvalue weighted by molar-refractivity contribution is 6.06. The molecule has 29 heavy (non-hydrogen) atoms. The van der Waals surface area contributed by atoms with Crippen molar-refractivity contribution in [3.05, 3.63) is 60.2 Å². The average Bonchev–Trinajstić information content (AvgIpc) is 3.14. The minimum absolute atomic E-state index is 0.176. The number of carbonyl (C=O) groups is 2. The molecule has 152 valence electrons. The number of hydrogen-bond donors (Lipinski definition) is 2. The Bertz CT molecular complexity index is 990. The van der Waals surface area contributed by atoms with Crippen LogP contribution < -0.4 is 15.5 Å². The van der Waals surface area contributed by atoms with Gasteiger partial charge in [-0.25, -0.2) is 4.98 Å². The molecule has 2 amide bonds. The van der Waals surface area contributed by atoms with E-state index >= 15 is 0 Å². The van der Waals surface area contributed by atoms with Crippen LogP contribution in [0, 0.1) is 0 Å². The first-order valence-electron chi connectivity index (χ1n) is 10.0. The van der Waals surface area contributed by atoms with Crippen LogP contribution in [-0.4, -0.2) is 40.8 Å². The van der Waals surface area contributed by atoms with Crippen LogP contribution >= 0.6 is 0 Å². The van der Waals surface area contributed by atoms with Gasteiger partial charge in [-0.3, -0.25) is 14.0 Å². The van der Waals surface area contributed by atoms with Crippen LogP contribution in [0.2, 0.25) is 0 Å². The van der Waals surface area contributed by atoms with E-state index in [0.717, 1.165) is 25.2 Å². The second kappa shape index (κ2) is 9.23. The number of fused-ring (bicyclic) bond motifs is 1. The fourth-order valence-corrected chi connectivity index (χ4v) is 3.22. The number of imidazole rings is 1. The van der Waals surface area contributed by atoms with Crippen molar-refractivity contribution in [3.8, 4) is 0 Å². The molecule has 0 aliphatic carbocycles. The SMILES string of the molecule is CCCNC(=O)c1nc(C(=O)Nc2ccc(N(CC)CC)cc2)n2ccccc12. The molecule has 2 heterocycles. The zero-order valence-corrected chi connectivity index (χ0v) is 17.1. The molecular formula is C22H27N5O2. The summed E-state index contributed by atoms with van der Waals surface area (Å²) in [6.07, 6.45) is 2.56. The van der Waals surface area contributed by atoms with Crippen LogP contribution in [0.4, 0.5) is 11.4 Å². The third kappa shape index (κ3) is 4.39. The van der Waals surface area contributed by atoms with Crippen molar-refractivity contribution >= 4 is 28.7 Å². The van der Waals surface area contributed by atoms with E-state index in [1.165, 1.54) is 0 Å². The molecule has 1 aromatic carbocycles. The number of benzene rings is 1. The number of amides is 2. The van der Waals surface area contributed by atoms with Crippen molar-refractivity contribution in [1.29, 1.82) is 0 Å². The van der Waals surface area contributed by atoms with E-state index in [1.54, 1.807) is 22.7 Å². The molecule has 0 fully saturated rings. The van der Waals surface area contributed by atoms with Gasteiger partial charge in [0.2, 0.25) is 5.82 Å². The quantitative estimate of drug-likeness (QED) is 0.613. The van der Waals surface area contributed by atoms with Crippen LogP contribution in [0.3, 0.4) is 0 Å². The predicted molar refractivity (Wildman–Crippen MR) is 116 cm³/mol. The van der Waals surface area contributed by atoms with Crippen molar-refractivity contribution in [2.24, 2.45) is 0 Å². The molecule has 0 atom stereocenters. The molecule has 3 aromatic rings.